The summed E-state index contributed by atoms with van der Waals surface area (Å²) in [6, 6.07) is 4.93. The molecule has 1 aliphatic rings. The molecule has 0 saturated carbocycles. The lowest BCUT2D eigenvalue weighted by Gasteiger charge is -2.44. The number of nitrogens with zero attached hydrogens (tertiary/aromatic N) is 2. The SMILES string of the molecule is CC(Cc1cccs1)N(C)C1(CN)CCCN(C)CC1. The number of rotatable bonds is 5. The smallest absolute Gasteiger partial charge is 0.0344 e. The molecule has 114 valence electrons. The zero-order valence-corrected chi connectivity index (χ0v) is 14.0. The minimum atomic E-state index is 0.182. The normalized spacial score (nSPS) is 26.6. The van der Waals surface area contributed by atoms with Gasteiger partial charge in [-0.25, -0.2) is 0 Å². The van der Waals surface area contributed by atoms with Gasteiger partial charge in [0, 0.05) is 23.0 Å². The Morgan fingerprint density at radius 3 is 2.90 bits per heavy atom. The second-order valence-corrected chi connectivity index (χ2v) is 7.36. The van der Waals surface area contributed by atoms with Crippen molar-refractivity contribution in [1.82, 2.24) is 9.80 Å². The lowest BCUT2D eigenvalue weighted by molar-refractivity contribution is 0.0705. The fourth-order valence-corrected chi connectivity index (χ4v) is 4.17. The summed E-state index contributed by atoms with van der Waals surface area (Å²) in [6.45, 7) is 5.47. The fraction of sp³-hybridized carbons (Fsp3) is 0.750. The van der Waals surface area contributed by atoms with Crippen LogP contribution in [0.1, 0.15) is 31.1 Å². The van der Waals surface area contributed by atoms with Gasteiger partial charge in [0.2, 0.25) is 0 Å². The summed E-state index contributed by atoms with van der Waals surface area (Å²) in [5.74, 6) is 0. The minimum absolute atomic E-state index is 0.182. The lowest BCUT2D eigenvalue weighted by atomic mass is 9.87. The van der Waals surface area contributed by atoms with Crippen LogP contribution in [-0.2, 0) is 6.42 Å². The van der Waals surface area contributed by atoms with Crippen molar-refractivity contribution in [3.05, 3.63) is 22.4 Å². The molecule has 0 spiro atoms. The molecule has 1 aromatic heterocycles. The molecule has 20 heavy (non-hydrogen) atoms. The van der Waals surface area contributed by atoms with E-state index >= 15 is 0 Å². The van der Waals surface area contributed by atoms with Crippen LogP contribution in [0.25, 0.3) is 0 Å². The van der Waals surface area contributed by atoms with Crippen molar-refractivity contribution in [2.24, 2.45) is 5.73 Å². The quantitative estimate of drug-likeness (QED) is 0.905. The number of hydrogen-bond acceptors (Lipinski definition) is 4. The molecule has 1 aliphatic heterocycles. The molecule has 0 radical (unpaired) electrons. The number of likely N-dealkylation sites (N-methyl/N-ethyl adjacent to an activating group) is 1. The Bertz CT molecular complexity index is 392. The van der Waals surface area contributed by atoms with Crippen molar-refractivity contribution < 1.29 is 0 Å². The molecule has 3 nitrogen and oxygen atoms in total. The van der Waals surface area contributed by atoms with Crippen molar-refractivity contribution in [2.45, 2.75) is 44.2 Å². The highest BCUT2D eigenvalue weighted by atomic mass is 32.1. The van der Waals surface area contributed by atoms with Gasteiger partial charge in [0.05, 0.1) is 0 Å². The summed E-state index contributed by atoms with van der Waals surface area (Å²) in [4.78, 5) is 6.48. The van der Waals surface area contributed by atoms with Gasteiger partial charge in [-0.2, -0.15) is 0 Å². The van der Waals surface area contributed by atoms with Crippen LogP contribution < -0.4 is 5.73 Å². The molecule has 2 atom stereocenters. The van der Waals surface area contributed by atoms with Crippen LogP contribution in [0.15, 0.2) is 17.5 Å². The van der Waals surface area contributed by atoms with E-state index in [1.165, 1.54) is 30.7 Å². The molecule has 2 N–H and O–H groups in total. The molecule has 1 aromatic rings. The molecular formula is C16H29N3S. The predicted octanol–water partition coefficient (Wildman–Crippen LogP) is 2.42. The van der Waals surface area contributed by atoms with Crippen LogP contribution in [0.3, 0.4) is 0 Å². The van der Waals surface area contributed by atoms with Crippen LogP contribution in [0.5, 0.6) is 0 Å². The Hall–Kier alpha value is -0.420. The zero-order chi connectivity index (χ0) is 14.6. The van der Waals surface area contributed by atoms with Crippen molar-refractivity contribution in [1.29, 1.82) is 0 Å². The average Bonchev–Trinajstić information content (AvgIpc) is 2.87. The van der Waals surface area contributed by atoms with E-state index in [1.807, 2.05) is 11.3 Å². The van der Waals surface area contributed by atoms with E-state index in [1.54, 1.807) is 0 Å². The fourth-order valence-electron chi connectivity index (χ4n) is 3.34. The molecule has 0 aliphatic carbocycles. The van der Waals surface area contributed by atoms with E-state index in [2.05, 4.69) is 48.3 Å². The van der Waals surface area contributed by atoms with Crippen LogP contribution in [0.4, 0.5) is 0 Å². The summed E-state index contributed by atoms with van der Waals surface area (Å²) in [7, 11) is 4.50. The van der Waals surface area contributed by atoms with E-state index in [0.29, 0.717) is 6.04 Å². The van der Waals surface area contributed by atoms with E-state index in [9.17, 15) is 0 Å². The molecule has 1 fully saturated rings. The van der Waals surface area contributed by atoms with Gasteiger partial charge < -0.3 is 10.6 Å². The van der Waals surface area contributed by atoms with Crippen molar-refractivity contribution >= 4 is 11.3 Å². The molecule has 2 heterocycles. The maximum Gasteiger partial charge on any atom is 0.0344 e. The first-order valence-corrected chi connectivity index (χ1v) is 8.59. The van der Waals surface area contributed by atoms with Gasteiger partial charge >= 0.3 is 0 Å². The summed E-state index contributed by atoms with van der Waals surface area (Å²) in [6.07, 6.45) is 4.79. The van der Waals surface area contributed by atoms with Gasteiger partial charge in [0.25, 0.3) is 0 Å². The summed E-state index contributed by atoms with van der Waals surface area (Å²) < 4.78 is 0. The number of hydrogen-bond donors (Lipinski definition) is 1. The third-order valence-electron chi connectivity index (χ3n) is 5.01. The van der Waals surface area contributed by atoms with Gasteiger partial charge in [-0.15, -0.1) is 11.3 Å². The van der Waals surface area contributed by atoms with E-state index < -0.39 is 0 Å². The Morgan fingerprint density at radius 2 is 2.25 bits per heavy atom. The average molecular weight is 295 g/mol. The highest BCUT2D eigenvalue weighted by Crippen LogP contribution is 2.29. The van der Waals surface area contributed by atoms with Crippen molar-refractivity contribution in [2.75, 3.05) is 33.7 Å². The number of thiophene rings is 1. The number of likely N-dealkylation sites (tertiary alicyclic amines) is 1. The summed E-state index contributed by atoms with van der Waals surface area (Å²) >= 11 is 1.86. The first-order chi connectivity index (χ1) is 9.57. The van der Waals surface area contributed by atoms with E-state index in [4.69, 9.17) is 5.73 Å². The Balaban J connectivity index is 2.05. The van der Waals surface area contributed by atoms with Gasteiger partial charge in [0.15, 0.2) is 0 Å². The van der Waals surface area contributed by atoms with E-state index in [0.717, 1.165) is 19.5 Å². The zero-order valence-electron chi connectivity index (χ0n) is 13.1. The van der Waals surface area contributed by atoms with Crippen LogP contribution in [0.2, 0.25) is 0 Å². The summed E-state index contributed by atoms with van der Waals surface area (Å²) in [5.41, 5.74) is 6.39. The molecule has 1 saturated heterocycles. The monoisotopic (exact) mass is 295 g/mol. The Morgan fingerprint density at radius 1 is 1.45 bits per heavy atom. The van der Waals surface area contributed by atoms with Crippen LogP contribution in [0, 0.1) is 0 Å². The first-order valence-electron chi connectivity index (χ1n) is 7.71. The molecule has 0 aromatic carbocycles. The third-order valence-corrected chi connectivity index (χ3v) is 5.91. The largest absolute Gasteiger partial charge is 0.329 e. The van der Waals surface area contributed by atoms with Gasteiger partial charge in [-0.1, -0.05) is 6.07 Å². The Kier molecular flexibility index (Phi) is 5.61. The van der Waals surface area contributed by atoms with Gasteiger partial charge in [-0.05, 0) is 71.2 Å². The van der Waals surface area contributed by atoms with Crippen molar-refractivity contribution in [3.8, 4) is 0 Å². The van der Waals surface area contributed by atoms with Gasteiger partial charge in [-0.3, -0.25) is 4.90 Å². The molecule has 4 heteroatoms. The number of nitrogens with two attached hydrogens (primary N) is 1. The van der Waals surface area contributed by atoms with Crippen LogP contribution in [-0.4, -0.2) is 55.1 Å². The Labute approximate surface area is 127 Å². The molecular weight excluding hydrogens is 266 g/mol. The minimum Gasteiger partial charge on any atom is -0.329 e. The molecule has 0 bridgehead atoms. The third kappa shape index (κ3) is 3.61. The first kappa shape index (κ1) is 16.0. The predicted molar refractivity (Wildman–Crippen MR) is 88.4 cm³/mol. The second-order valence-electron chi connectivity index (χ2n) is 6.33. The highest BCUT2D eigenvalue weighted by molar-refractivity contribution is 7.09. The second kappa shape index (κ2) is 7.03. The maximum atomic E-state index is 6.21. The van der Waals surface area contributed by atoms with Crippen molar-refractivity contribution in [3.63, 3.8) is 0 Å². The summed E-state index contributed by atoms with van der Waals surface area (Å²) in [5, 5.41) is 2.17. The topological polar surface area (TPSA) is 32.5 Å². The standard InChI is InChI=1S/C16H29N3S/c1-14(12-15-6-4-11-20-15)19(3)16(13-17)7-5-9-18(2)10-8-16/h4,6,11,14H,5,7-10,12-13,17H2,1-3H3. The molecule has 2 rings (SSSR count). The van der Waals surface area contributed by atoms with Crippen LogP contribution >= 0.6 is 11.3 Å². The highest BCUT2D eigenvalue weighted by Gasteiger charge is 2.36. The van der Waals surface area contributed by atoms with Gasteiger partial charge in [0.1, 0.15) is 0 Å². The van der Waals surface area contributed by atoms with E-state index in [-0.39, 0.29) is 5.54 Å². The maximum absolute atomic E-state index is 6.21. The molecule has 0 amide bonds. The lowest BCUT2D eigenvalue weighted by Crippen LogP contribution is -2.56. The molecule has 2 unspecified atom stereocenters.